The summed E-state index contributed by atoms with van der Waals surface area (Å²) in [5.41, 5.74) is 4.12. The second kappa shape index (κ2) is 14.2. The number of aliphatic hydroxyl groups is 2. The van der Waals surface area contributed by atoms with Crippen LogP contribution < -0.4 is 5.32 Å². The second-order valence-corrected chi connectivity index (χ2v) is 11.2. The van der Waals surface area contributed by atoms with Crippen molar-refractivity contribution < 1.29 is 34.0 Å². The number of rotatable bonds is 10. The summed E-state index contributed by atoms with van der Waals surface area (Å²) in [6.07, 6.45) is -0.378. The minimum absolute atomic E-state index is 0.0472. The average molecular weight is 589 g/mol. The van der Waals surface area contributed by atoms with E-state index in [0.29, 0.717) is 12.2 Å². The molecule has 2 fully saturated rings. The molecule has 3 aromatic rings. The van der Waals surface area contributed by atoms with Crippen LogP contribution in [0.5, 0.6) is 0 Å². The second-order valence-electron chi connectivity index (χ2n) is 11.2. The number of benzene rings is 3. The number of nitrogens with zero attached hydrogens (tertiary/aromatic N) is 1. The van der Waals surface area contributed by atoms with Crippen molar-refractivity contribution in [2.75, 3.05) is 25.0 Å². The van der Waals surface area contributed by atoms with Gasteiger partial charge in [0.15, 0.2) is 12.4 Å². The summed E-state index contributed by atoms with van der Waals surface area (Å²) in [6.45, 7) is 4.34. The van der Waals surface area contributed by atoms with Gasteiger partial charge >= 0.3 is 5.97 Å². The van der Waals surface area contributed by atoms with Gasteiger partial charge in [-0.3, -0.25) is 14.5 Å². The lowest BCUT2D eigenvalue weighted by Crippen LogP contribution is -2.46. The third kappa shape index (κ3) is 7.49. The molecule has 2 aliphatic heterocycles. The Morgan fingerprint density at radius 1 is 0.977 bits per heavy atom. The van der Waals surface area contributed by atoms with Crippen molar-refractivity contribution in [3.05, 3.63) is 101 Å². The average Bonchev–Trinajstić information content (AvgIpc) is 3.48. The molecule has 1 unspecified atom stereocenters. The van der Waals surface area contributed by atoms with E-state index in [1.54, 1.807) is 12.1 Å². The Morgan fingerprint density at radius 3 is 2.42 bits per heavy atom. The fraction of sp³-hybridized carbons (Fsp3) is 0.412. The molecule has 1 amide bonds. The molecule has 0 radical (unpaired) electrons. The summed E-state index contributed by atoms with van der Waals surface area (Å²) in [5, 5.41) is 22.5. The zero-order valence-corrected chi connectivity index (χ0v) is 24.6. The van der Waals surface area contributed by atoms with Gasteiger partial charge in [0.1, 0.15) is 0 Å². The van der Waals surface area contributed by atoms with Crippen LogP contribution in [0.15, 0.2) is 78.9 Å². The van der Waals surface area contributed by atoms with Gasteiger partial charge in [-0.15, -0.1) is 0 Å². The van der Waals surface area contributed by atoms with E-state index < -0.39 is 24.3 Å². The van der Waals surface area contributed by atoms with Gasteiger partial charge in [-0.1, -0.05) is 66.7 Å². The first-order valence-corrected chi connectivity index (χ1v) is 14.8. The predicted molar refractivity (Wildman–Crippen MR) is 161 cm³/mol. The number of hydrogen-bond donors (Lipinski definition) is 3. The lowest BCUT2D eigenvalue weighted by molar-refractivity contribution is -0.264. The SMILES string of the molecule is CC(=O)O[C@@H](C)C(=O)Nc1cccc(C2O[C@H](CN3CCC[C@H]3CO)[C@@H](c3ccccc3)[C@H](c3ccc(CO)cc3)O2)c1. The van der Waals surface area contributed by atoms with E-state index in [-0.39, 0.29) is 37.4 Å². The molecule has 9 heteroatoms. The first kappa shape index (κ1) is 30.8. The van der Waals surface area contributed by atoms with E-state index in [4.69, 9.17) is 14.2 Å². The van der Waals surface area contributed by atoms with Gasteiger partial charge in [0.25, 0.3) is 5.91 Å². The first-order valence-electron chi connectivity index (χ1n) is 14.8. The first-order chi connectivity index (χ1) is 20.9. The van der Waals surface area contributed by atoms with Crippen LogP contribution in [0.25, 0.3) is 0 Å². The van der Waals surface area contributed by atoms with Crippen molar-refractivity contribution in [3.8, 4) is 0 Å². The van der Waals surface area contributed by atoms with Gasteiger partial charge in [-0.25, -0.2) is 0 Å². The third-order valence-corrected chi connectivity index (χ3v) is 8.23. The highest BCUT2D eigenvalue weighted by Gasteiger charge is 2.43. The Balaban J connectivity index is 1.49. The Kier molecular flexibility index (Phi) is 10.2. The summed E-state index contributed by atoms with van der Waals surface area (Å²) in [4.78, 5) is 26.3. The summed E-state index contributed by atoms with van der Waals surface area (Å²) >= 11 is 0. The molecule has 0 aromatic heterocycles. The highest BCUT2D eigenvalue weighted by atomic mass is 16.7. The molecular formula is C34H40N2O7. The van der Waals surface area contributed by atoms with E-state index in [0.717, 1.165) is 41.6 Å². The maximum atomic E-state index is 12.6. The molecule has 0 saturated carbocycles. The molecule has 228 valence electrons. The molecule has 3 N–H and O–H groups in total. The number of likely N-dealkylation sites (tertiary alicyclic amines) is 1. The lowest BCUT2D eigenvalue weighted by atomic mass is 9.83. The number of esters is 1. The molecule has 0 aliphatic carbocycles. The van der Waals surface area contributed by atoms with E-state index >= 15 is 0 Å². The van der Waals surface area contributed by atoms with Crippen molar-refractivity contribution in [3.63, 3.8) is 0 Å². The van der Waals surface area contributed by atoms with Gasteiger partial charge < -0.3 is 29.7 Å². The molecule has 9 nitrogen and oxygen atoms in total. The minimum atomic E-state index is -0.939. The normalized spacial score (nSPS) is 24.8. The van der Waals surface area contributed by atoms with Crippen LogP contribution in [0.4, 0.5) is 5.69 Å². The third-order valence-electron chi connectivity index (χ3n) is 8.23. The lowest BCUT2D eigenvalue weighted by Gasteiger charge is -2.44. The van der Waals surface area contributed by atoms with Crippen molar-refractivity contribution in [1.82, 2.24) is 4.90 Å². The Hall–Kier alpha value is -3.60. The predicted octanol–water partition coefficient (Wildman–Crippen LogP) is 4.46. The number of amides is 1. The number of aliphatic hydroxyl groups excluding tert-OH is 2. The van der Waals surface area contributed by atoms with Crippen molar-refractivity contribution in [2.45, 2.75) is 69.9 Å². The largest absolute Gasteiger partial charge is 0.453 e. The monoisotopic (exact) mass is 588 g/mol. The zero-order chi connectivity index (χ0) is 30.3. The van der Waals surface area contributed by atoms with Crippen LogP contribution >= 0.6 is 0 Å². The molecule has 43 heavy (non-hydrogen) atoms. The summed E-state index contributed by atoms with van der Waals surface area (Å²) in [7, 11) is 0. The molecule has 2 heterocycles. The van der Waals surface area contributed by atoms with Crippen molar-refractivity contribution >= 4 is 17.6 Å². The highest BCUT2D eigenvalue weighted by molar-refractivity contribution is 5.95. The molecule has 2 saturated heterocycles. The van der Waals surface area contributed by atoms with Crippen LogP contribution in [0.2, 0.25) is 0 Å². The zero-order valence-electron chi connectivity index (χ0n) is 24.6. The van der Waals surface area contributed by atoms with Gasteiger partial charge in [0.05, 0.1) is 25.4 Å². The molecule has 0 spiro atoms. The van der Waals surface area contributed by atoms with Crippen molar-refractivity contribution in [2.24, 2.45) is 0 Å². The maximum Gasteiger partial charge on any atom is 0.303 e. The Bertz CT molecular complexity index is 1370. The van der Waals surface area contributed by atoms with E-state index in [1.165, 1.54) is 13.8 Å². The Morgan fingerprint density at radius 2 is 1.72 bits per heavy atom. The van der Waals surface area contributed by atoms with Crippen LogP contribution in [0, 0.1) is 0 Å². The van der Waals surface area contributed by atoms with Gasteiger partial charge in [0, 0.05) is 36.7 Å². The molecule has 3 aromatic carbocycles. The van der Waals surface area contributed by atoms with Gasteiger partial charge in [-0.05, 0) is 55.1 Å². The molecular weight excluding hydrogens is 548 g/mol. The molecule has 2 aliphatic rings. The number of ether oxygens (including phenoxy) is 3. The van der Waals surface area contributed by atoms with Crippen molar-refractivity contribution in [1.29, 1.82) is 0 Å². The minimum Gasteiger partial charge on any atom is -0.453 e. The van der Waals surface area contributed by atoms with E-state index in [2.05, 4.69) is 22.3 Å². The molecule has 5 rings (SSSR count). The number of carbonyl (C=O) groups excluding carboxylic acids is 2. The van der Waals surface area contributed by atoms with E-state index in [9.17, 15) is 19.8 Å². The summed E-state index contributed by atoms with van der Waals surface area (Å²) in [6, 6.07) is 25.4. The fourth-order valence-corrected chi connectivity index (χ4v) is 6.05. The summed E-state index contributed by atoms with van der Waals surface area (Å²) in [5.74, 6) is -1.12. The number of carbonyl (C=O) groups is 2. The van der Waals surface area contributed by atoms with E-state index in [1.807, 2.05) is 54.6 Å². The highest BCUT2D eigenvalue weighted by Crippen LogP contribution is 2.47. The topological polar surface area (TPSA) is 118 Å². The quantitative estimate of drug-likeness (QED) is 0.297. The molecule has 0 bridgehead atoms. The Labute approximate surface area is 252 Å². The fourth-order valence-electron chi connectivity index (χ4n) is 6.05. The van der Waals surface area contributed by atoms with Crippen LogP contribution in [0.1, 0.15) is 67.3 Å². The maximum absolute atomic E-state index is 12.6. The van der Waals surface area contributed by atoms with Gasteiger partial charge in [0.2, 0.25) is 0 Å². The molecule has 6 atom stereocenters. The number of anilines is 1. The number of hydrogen-bond acceptors (Lipinski definition) is 8. The summed E-state index contributed by atoms with van der Waals surface area (Å²) < 4.78 is 18.6. The number of nitrogens with one attached hydrogen (secondary N) is 1. The van der Waals surface area contributed by atoms with Crippen LogP contribution in [-0.4, -0.2) is 64.9 Å². The van der Waals surface area contributed by atoms with Gasteiger partial charge in [-0.2, -0.15) is 0 Å². The van der Waals surface area contributed by atoms with Crippen LogP contribution in [0.3, 0.4) is 0 Å². The standard InChI is InChI=1S/C34H40N2O7/c1-22(41-23(2)39)33(40)35-28-11-6-10-27(18-28)34-42-30(19-36-17-7-12-29(36)21-38)31(25-8-4-3-5-9-25)32(43-34)26-15-13-24(20-37)14-16-26/h3-6,8-11,13-16,18,22,29-32,34,37-38H,7,12,17,19-21H2,1-2H3,(H,35,40)/t22-,29-,30+,31+,32-,34?/m0/s1. The van der Waals surface area contributed by atoms with Crippen LogP contribution in [-0.2, 0) is 30.4 Å². The smallest absolute Gasteiger partial charge is 0.303 e.